The number of anilines is 1. The molecule has 0 aromatic heterocycles. The molecule has 0 atom stereocenters. The van der Waals surface area contributed by atoms with Gasteiger partial charge in [-0.25, -0.2) is 0 Å². The number of halogens is 1. The second kappa shape index (κ2) is 5.42. The summed E-state index contributed by atoms with van der Waals surface area (Å²) in [6.07, 6.45) is 1.22. The van der Waals surface area contributed by atoms with Crippen LogP contribution in [0.1, 0.15) is 5.56 Å². The Bertz CT molecular complexity index is 569. The lowest BCUT2D eigenvalue weighted by Gasteiger charge is -2.13. The third kappa shape index (κ3) is 2.77. The fourth-order valence-electron chi connectivity index (χ4n) is 1.79. The van der Waals surface area contributed by atoms with Crippen LogP contribution < -0.4 is 5.32 Å². The zero-order valence-corrected chi connectivity index (χ0v) is 11.1. The minimum absolute atomic E-state index is 0.001000. The van der Waals surface area contributed by atoms with Gasteiger partial charge < -0.3 is 10.4 Å². The molecule has 0 radical (unpaired) electrons. The molecule has 1 heterocycles. The molecule has 2 amide bonds. The third-order valence-corrected chi connectivity index (χ3v) is 3.19. The normalized spacial score (nSPS) is 14.9. The molecule has 0 saturated heterocycles. The number of hydrogen-bond acceptors (Lipinski definition) is 4. The smallest absolute Gasteiger partial charge is 0.277 e. The van der Waals surface area contributed by atoms with E-state index < -0.39 is 11.8 Å². The number of benzene rings is 1. The second-order valence-electron chi connectivity index (χ2n) is 4.17. The number of rotatable bonds is 4. The van der Waals surface area contributed by atoms with Crippen LogP contribution in [0.25, 0.3) is 0 Å². The first kappa shape index (κ1) is 13.6. The standard InChI is InChI=1S/C13H13ClN2O3/c1-8-6-9(2-3-10(8)14)15-11-7-12(18)16(4-5-17)13(11)19/h2-3,6-7,15,17H,4-5H2,1H3. The van der Waals surface area contributed by atoms with Crippen LogP contribution in [0.15, 0.2) is 30.0 Å². The Morgan fingerprint density at radius 3 is 2.74 bits per heavy atom. The van der Waals surface area contributed by atoms with E-state index in [-0.39, 0.29) is 18.8 Å². The van der Waals surface area contributed by atoms with Crippen LogP contribution in [0.3, 0.4) is 0 Å². The van der Waals surface area contributed by atoms with E-state index in [0.29, 0.717) is 10.7 Å². The van der Waals surface area contributed by atoms with Crippen molar-refractivity contribution < 1.29 is 14.7 Å². The van der Waals surface area contributed by atoms with Crippen molar-refractivity contribution in [2.75, 3.05) is 18.5 Å². The number of hydrogen-bond donors (Lipinski definition) is 2. The number of aliphatic hydroxyl groups excluding tert-OH is 1. The van der Waals surface area contributed by atoms with Crippen molar-refractivity contribution in [2.45, 2.75) is 6.92 Å². The highest BCUT2D eigenvalue weighted by Gasteiger charge is 2.30. The molecule has 1 aromatic carbocycles. The SMILES string of the molecule is Cc1cc(NC2=CC(=O)N(CCO)C2=O)ccc1Cl. The Labute approximate surface area is 115 Å². The van der Waals surface area contributed by atoms with Crippen molar-refractivity contribution in [1.29, 1.82) is 0 Å². The fraction of sp³-hybridized carbons (Fsp3) is 0.231. The zero-order chi connectivity index (χ0) is 14.0. The molecule has 2 rings (SSSR count). The predicted octanol–water partition coefficient (Wildman–Crippen LogP) is 1.31. The van der Waals surface area contributed by atoms with Crippen LogP contribution in [-0.2, 0) is 9.59 Å². The number of aryl methyl sites for hydroxylation is 1. The van der Waals surface area contributed by atoms with Crippen LogP contribution in [0, 0.1) is 6.92 Å². The summed E-state index contributed by atoms with van der Waals surface area (Å²) in [6.45, 7) is 1.60. The number of aliphatic hydroxyl groups is 1. The number of imide groups is 1. The van der Waals surface area contributed by atoms with Crippen LogP contribution in [0.5, 0.6) is 0 Å². The molecule has 0 unspecified atom stereocenters. The van der Waals surface area contributed by atoms with E-state index in [0.717, 1.165) is 10.5 Å². The maximum atomic E-state index is 11.9. The van der Waals surface area contributed by atoms with E-state index in [1.165, 1.54) is 6.08 Å². The highest BCUT2D eigenvalue weighted by atomic mass is 35.5. The average Bonchev–Trinajstić information content (AvgIpc) is 2.62. The molecule has 0 saturated carbocycles. The van der Waals surface area contributed by atoms with Gasteiger partial charge in [0.15, 0.2) is 0 Å². The summed E-state index contributed by atoms with van der Waals surface area (Å²) in [5, 5.41) is 12.3. The maximum Gasteiger partial charge on any atom is 0.277 e. The van der Waals surface area contributed by atoms with E-state index in [1.54, 1.807) is 18.2 Å². The van der Waals surface area contributed by atoms with Gasteiger partial charge in [-0.15, -0.1) is 0 Å². The van der Waals surface area contributed by atoms with Crippen LogP contribution >= 0.6 is 11.6 Å². The Morgan fingerprint density at radius 2 is 2.11 bits per heavy atom. The summed E-state index contributed by atoms with van der Waals surface area (Å²) in [7, 11) is 0. The van der Waals surface area contributed by atoms with Crippen molar-refractivity contribution in [3.05, 3.63) is 40.6 Å². The number of nitrogens with one attached hydrogen (secondary N) is 1. The van der Waals surface area contributed by atoms with Crippen LogP contribution in [-0.4, -0.2) is 35.0 Å². The molecule has 2 N–H and O–H groups in total. The Balaban J connectivity index is 2.16. The van der Waals surface area contributed by atoms with Gasteiger partial charge in [-0.1, -0.05) is 11.6 Å². The van der Waals surface area contributed by atoms with Crippen LogP contribution in [0.4, 0.5) is 5.69 Å². The molecule has 0 fully saturated rings. The van der Waals surface area contributed by atoms with Crippen molar-refractivity contribution >= 4 is 29.1 Å². The van der Waals surface area contributed by atoms with E-state index in [4.69, 9.17) is 16.7 Å². The number of β-amino-alcohol motifs (C(OH)–C–C–N with tert-alkyl or cyclic N) is 1. The zero-order valence-electron chi connectivity index (χ0n) is 10.3. The summed E-state index contributed by atoms with van der Waals surface area (Å²) in [5.74, 6) is -0.862. The van der Waals surface area contributed by atoms with Crippen molar-refractivity contribution in [2.24, 2.45) is 0 Å². The Morgan fingerprint density at radius 1 is 1.37 bits per heavy atom. The molecule has 1 aliphatic heterocycles. The highest BCUT2D eigenvalue weighted by molar-refractivity contribution is 6.31. The Kier molecular flexibility index (Phi) is 3.87. The maximum absolute atomic E-state index is 11.9. The van der Waals surface area contributed by atoms with E-state index in [2.05, 4.69) is 5.32 Å². The molecule has 1 aromatic rings. The summed E-state index contributed by atoms with van der Waals surface area (Å²) >= 11 is 5.91. The monoisotopic (exact) mass is 280 g/mol. The molecule has 19 heavy (non-hydrogen) atoms. The molecule has 0 aliphatic carbocycles. The van der Waals surface area contributed by atoms with Gasteiger partial charge in [0.05, 0.1) is 13.2 Å². The van der Waals surface area contributed by atoms with Gasteiger partial charge in [0.2, 0.25) is 0 Å². The lowest BCUT2D eigenvalue weighted by molar-refractivity contribution is -0.137. The molecule has 5 nitrogen and oxygen atoms in total. The Hall–Kier alpha value is -1.85. The average molecular weight is 281 g/mol. The summed E-state index contributed by atoms with van der Waals surface area (Å²) in [6, 6.07) is 5.23. The second-order valence-corrected chi connectivity index (χ2v) is 4.57. The van der Waals surface area contributed by atoms with Crippen molar-refractivity contribution in [3.8, 4) is 0 Å². The number of amides is 2. The quantitative estimate of drug-likeness (QED) is 0.816. The summed E-state index contributed by atoms with van der Waals surface area (Å²) in [5.41, 5.74) is 1.75. The topological polar surface area (TPSA) is 69.6 Å². The molecule has 100 valence electrons. The molecule has 6 heteroatoms. The third-order valence-electron chi connectivity index (χ3n) is 2.77. The summed E-state index contributed by atoms with van der Waals surface area (Å²) in [4.78, 5) is 24.4. The van der Waals surface area contributed by atoms with Gasteiger partial charge >= 0.3 is 0 Å². The lowest BCUT2D eigenvalue weighted by atomic mass is 10.2. The highest BCUT2D eigenvalue weighted by Crippen LogP contribution is 2.22. The van der Waals surface area contributed by atoms with E-state index >= 15 is 0 Å². The van der Waals surface area contributed by atoms with Crippen molar-refractivity contribution in [3.63, 3.8) is 0 Å². The van der Waals surface area contributed by atoms with Gasteiger partial charge in [0.1, 0.15) is 5.70 Å². The van der Waals surface area contributed by atoms with Crippen LogP contribution in [0.2, 0.25) is 5.02 Å². The molecule has 1 aliphatic rings. The first-order valence-electron chi connectivity index (χ1n) is 5.74. The minimum atomic E-state index is -0.438. The number of carbonyl (C=O) groups excluding carboxylic acids is 2. The molecular formula is C13H13ClN2O3. The molecular weight excluding hydrogens is 268 g/mol. The lowest BCUT2D eigenvalue weighted by Crippen LogP contribution is -2.34. The van der Waals surface area contributed by atoms with Crippen molar-refractivity contribution in [1.82, 2.24) is 4.90 Å². The first-order valence-corrected chi connectivity index (χ1v) is 6.12. The fourth-order valence-corrected chi connectivity index (χ4v) is 1.91. The van der Waals surface area contributed by atoms with Gasteiger partial charge in [-0.3, -0.25) is 14.5 Å². The first-order chi connectivity index (χ1) is 9.02. The van der Waals surface area contributed by atoms with Gasteiger partial charge in [-0.2, -0.15) is 0 Å². The van der Waals surface area contributed by atoms with Gasteiger partial charge in [0.25, 0.3) is 11.8 Å². The number of carbonyl (C=O) groups is 2. The number of nitrogens with zero attached hydrogens (tertiary/aromatic N) is 1. The largest absolute Gasteiger partial charge is 0.395 e. The predicted molar refractivity (Wildman–Crippen MR) is 71.7 cm³/mol. The molecule has 0 spiro atoms. The molecule has 0 bridgehead atoms. The summed E-state index contributed by atoms with van der Waals surface area (Å²) < 4.78 is 0. The van der Waals surface area contributed by atoms with E-state index in [9.17, 15) is 9.59 Å². The van der Waals surface area contributed by atoms with E-state index in [1.807, 2.05) is 6.92 Å². The van der Waals surface area contributed by atoms with Gasteiger partial charge in [0, 0.05) is 16.8 Å². The minimum Gasteiger partial charge on any atom is -0.395 e. The van der Waals surface area contributed by atoms with Gasteiger partial charge in [-0.05, 0) is 30.7 Å².